The van der Waals surface area contributed by atoms with Gasteiger partial charge in [0, 0.05) is 5.69 Å². The molecule has 0 fully saturated rings. The number of anilines is 2. The third kappa shape index (κ3) is 3.02. The van der Waals surface area contributed by atoms with Crippen molar-refractivity contribution in [3.63, 3.8) is 0 Å². The molecule has 2 aromatic rings. The highest BCUT2D eigenvalue weighted by molar-refractivity contribution is 7.92. The van der Waals surface area contributed by atoms with Gasteiger partial charge in [-0.25, -0.2) is 8.42 Å². The molecule has 7 heteroatoms. The van der Waals surface area contributed by atoms with Crippen LogP contribution in [0.3, 0.4) is 0 Å². The number of hydrogen-bond acceptors (Lipinski definition) is 4. The molecule has 0 aliphatic heterocycles. The maximum Gasteiger partial charge on any atom is 0.261 e. The normalized spacial score (nSPS) is 10.8. The number of hydrogen-bond donors (Lipinski definition) is 2. The molecule has 0 aliphatic carbocycles. The number of halogens is 1. The molecule has 102 valence electrons. The van der Waals surface area contributed by atoms with E-state index in [-0.39, 0.29) is 15.6 Å². The molecule has 0 amide bonds. The van der Waals surface area contributed by atoms with E-state index in [9.17, 15) is 8.42 Å². The summed E-state index contributed by atoms with van der Waals surface area (Å²) >= 11 is 5.93. The second-order valence-electron chi connectivity index (χ2n) is 3.98. The lowest BCUT2D eigenvalue weighted by Crippen LogP contribution is -2.13. The summed E-state index contributed by atoms with van der Waals surface area (Å²) in [7, 11) is -3.75. The van der Waals surface area contributed by atoms with Crippen molar-refractivity contribution in [2.75, 3.05) is 10.5 Å². The zero-order valence-corrected chi connectivity index (χ0v) is 11.7. The third-order valence-electron chi connectivity index (χ3n) is 2.53. The van der Waals surface area contributed by atoms with Gasteiger partial charge in [-0.1, -0.05) is 11.6 Å². The first-order valence-electron chi connectivity index (χ1n) is 5.50. The summed E-state index contributed by atoms with van der Waals surface area (Å²) in [6.07, 6.45) is 0. The Morgan fingerprint density at radius 3 is 2.35 bits per heavy atom. The van der Waals surface area contributed by atoms with Crippen LogP contribution in [0, 0.1) is 11.3 Å². The quantitative estimate of drug-likeness (QED) is 0.852. The van der Waals surface area contributed by atoms with Crippen molar-refractivity contribution in [1.82, 2.24) is 0 Å². The highest BCUT2D eigenvalue weighted by Gasteiger charge is 2.15. The molecule has 0 bridgehead atoms. The molecule has 0 unspecified atom stereocenters. The number of nitrogens with one attached hydrogen (secondary N) is 1. The van der Waals surface area contributed by atoms with E-state index in [4.69, 9.17) is 22.6 Å². The van der Waals surface area contributed by atoms with Crippen molar-refractivity contribution in [3.8, 4) is 6.07 Å². The van der Waals surface area contributed by atoms with E-state index in [2.05, 4.69) is 4.72 Å². The van der Waals surface area contributed by atoms with Gasteiger partial charge < -0.3 is 5.73 Å². The lowest BCUT2D eigenvalue weighted by molar-refractivity contribution is 0.601. The van der Waals surface area contributed by atoms with E-state index in [0.29, 0.717) is 11.3 Å². The molecule has 0 radical (unpaired) electrons. The number of benzene rings is 2. The number of sulfonamides is 1. The Balaban J connectivity index is 2.34. The van der Waals surface area contributed by atoms with Crippen molar-refractivity contribution in [3.05, 3.63) is 53.1 Å². The van der Waals surface area contributed by atoms with Gasteiger partial charge in [0.05, 0.1) is 27.2 Å². The molecule has 2 aromatic carbocycles. The smallest absolute Gasteiger partial charge is 0.261 e. The van der Waals surface area contributed by atoms with Crippen LogP contribution in [0.2, 0.25) is 5.02 Å². The van der Waals surface area contributed by atoms with Gasteiger partial charge in [-0.2, -0.15) is 5.26 Å². The minimum Gasteiger partial charge on any atom is -0.399 e. The maximum absolute atomic E-state index is 12.1. The van der Waals surface area contributed by atoms with Crippen LogP contribution in [-0.2, 0) is 10.0 Å². The van der Waals surface area contributed by atoms with Gasteiger partial charge in [0.1, 0.15) is 0 Å². The molecule has 0 spiro atoms. The van der Waals surface area contributed by atoms with Gasteiger partial charge in [0.2, 0.25) is 0 Å². The zero-order chi connectivity index (χ0) is 14.8. The van der Waals surface area contributed by atoms with Crippen molar-refractivity contribution in [2.45, 2.75) is 4.90 Å². The van der Waals surface area contributed by atoms with Crippen molar-refractivity contribution in [1.29, 1.82) is 5.26 Å². The van der Waals surface area contributed by atoms with Crippen LogP contribution in [0.15, 0.2) is 47.4 Å². The van der Waals surface area contributed by atoms with E-state index < -0.39 is 10.0 Å². The summed E-state index contributed by atoms with van der Waals surface area (Å²) < 4.78 is 26.7. The predicted molar refractivity (Wildman–Crippen MR) is 77.8 cm³/mol. The van der Waals surface area contributed by atoms with E-state index in [1.54, 1.807) is 0 Å². The summed E-state index contributed by atoms with van der Waals surface area (Å²) in [6.45, 7) is 0. The van der Waals surface area contributed by atoms with E-state index in [0.717, 1.165) is 0 Å². The summed E-state index contributed by atoms with van der Waals surface area (Å²) in [5.41, 5.74) is 6.55. The summed E-state index contributed by atoms with van der Waals surface area (Å²) in [6, 6.07) is 12.0. The number of nitrogen functional groups attached to an aromatic ring is 1. The molecule has 0 aliphatic rings. The van der Waals surface area contributed by atoms with Crippen LogP contribution in [0.5, 0.6) is 0 Å². The van der Waals surface area contributed by atoms with Crippen LogP contribution in [0.4, 0.5) is 11.4 Å². The monoisotopic (exact) mass is 307 g/mol. The second-order valence-corrected chi connectivity index (χ2v) is 6.07. The van der Waals surface area contributed by atoms with E-state index in [1.165, 1.54) is 42.5 Å². The van der Waals surface area contributed by atoms with Gasteiger partial charge in [-0.3, -0.25) is 4.72 Å². The fourth-order valence-electron chi connectivity index (χ4n) is 1.52. The Labute approximate surface area is 121 Å². The summed E-state index contributed by atoms with van der Waals surface area (Å²) in [5.74, 6) is 0. The van der Waals surface area contributed by atoms with Gasteiger partial charge >= 0.3 is 0 Å². The average Bonchev–Trinajstić information content (AvgIpc) is 2.41. The molecule has 0 saturated carbocycles. The molecule has 0 aromatic heterocycles. The standard InChI is InChI=1S/C13H10ClN3O2S/c14-12-7-9(8-15)1-6-13(12)17-20(18,19)11-4-2-10(16)3-5-11/h1-7,17H,16H2. The average molecular weight is 308 g/mol. The fourth-order valence-corrected chi connectivity index (χ4v) is 2.88. The van der Waals surface area contributed by atoms with Crippen molar-refractivity contribution < 1.29 is 8.42 Å². The number of rotatable bonds is 3. The molecule has 0 heterocycles. The van der Waals surface area contributed by atoms with Gasteiger partial charge in [-0.05, 0) is 42.5 Å². The number of nitrogens with two attached hydrogens (primary N) is 1. The minimum absolute atomic E-state index is 0.0760. The summed E-state index contributed by atoms with van der Waals surface area (Å²) in [5, 5.41) is 8.89. The fraction of sp³-hybridized carbons (Fsp3) is 0. The van der Waals surface area contributed by atoms with Crippen LogP contribution < -0.4 is 10.5 Å². The topological polar surface area (TPSA) is 96.0 Å². The molecule has 0 atom stereocenters. The lowest BCUT2D eigenvalue weighted by Gasteiger charge is -2.10. The predicted octanol–water partition coefficient (Wildman–Crippen LogP) is 2.59. The van der Waals surface area contributed by atoms with Crippen LogP contribution >= 0.6 is 11.6 Å². The molecule has 3 N–H and O–H groups in total. The first kappa shape index (κ1) is 14.2. The van der Waals surface area contributed by atoms with E-state index in [1.807, 2.05) is 6.07 Å². The molecule has 5 nitrogen and oxygen atoms in total. The number of nitriles is 1. The van der Waals surface area contributed by atoms with Gasteiger partial charge in [-0.15, -0.1) is 0 Å². The Morgan fingerprint density at radius 2 is 1.80 bits per heavy atom. The molecule has 20 heavy (non-hydrogen) atoms. The first-order valence-corrected chi connectivity index (χ1v) is 7.36. The Kier molecular flexibility index (Phi) is 3.84. The van der Waals surface area contributed by atoms with Crippen LogP contribution in [0.25, 0.3) is 0 Å². The minimum atomic E-state index is -3.75. The molecular weight excluding hydrogens is 298 g/mol. The Hall–Kier alpha value is -2.23. The van der Waals surface area contributed by atoms with Gasteiger partial charge in [0.15, 0.2) is 0 Å². The van der Waals surface area contributed by atoms with Crippen molar-refractivity contribution >= 4 is 33.0 Å². The molecule has 0 saturated heterocycles. The van der Waals surface area contributed by atoms with Crippen LogP contribution in [-0.4, -0.2) is 8.42 Å². The highest BCUT2D eigenvalue weighted by Crippen LogP contribution is 2.25. The first-order chi connectivity index (χ1) is 9.42. The Bertz CT molecular complexity index is 780. The van der Waals surface area contributed by atoms with Crippen LogP contribution in [0.1, 0.15) is 5.56 Å². The maximum atomic E-state index is 12.1. The molecule has 2 rings (SSSR count). The number of nitrogens with zero attached hydrogens (tertiary/aromatic N) is 1. The SMILES string of the molecule is N#Cc1ccc(NS(=O)(=O)c2ccc(N)cc2)c(Cl)c1. The lowest BCUT2D eigenvalue weighted by atomic mass is 10.2. The second kappa shape index (κ2) is 5.41. The van der Waals surface area contributed by atoms with Crippen molar-refractivity contribution in [2.24, 2.45) is 0 Å². The third-order valence-corrected chi connectivity index (χ3v) is 4.23. The van der Waals surface area contributed by atoms with E-state index >= 15 is 0 Å². The van der Waals surface area contributed by atoms with Gasteiger partial charge in [0.25, 0.3) is 10.0 Å². The molecular formula is C13H10ClN3O2S. The summed E-state index contributed by atoms with van der Waals surface area (Å²) in [4.78, 5) is 0.0760. The Morgan fingerprint density at radius 1 is 1.15 bits per heavy atom. The highest BCUT2D eigenvalue weighted by atomic mass is 35.5. The zero-order valence-electron chi connectivity index (χ0n) is 10.2. The largest absolute Gasteiger partial charge is 0.399 e.